The van der Waals surface area contributed by atoms with E-state index in [1.54, 1.807) is 19.1 Å². The third kappa shape index (κ3) is 7.13. The molecule has 0 aliphatic heterocycles. The zero-order chi connectivity index (χ0) is 27.2. The number of carbonyl (C=O) groups excluding carboxylic acids is 4. The van der Waals surface area contributed by atoms with Gasteiger partial charge in [-0.3, -0.25) is 14.4 Å². The minimum absolute atomic E-state index is 0.0917. The fraction of sp³-hybridized carbons (Fsp3) is 0.429. The molecule has 1 aliphatic carbocycles. The van der Waals surface area contributed by atoms with Gasteiger partial charge in [-0.25, -0.2) is 4.79 Å². The van der Waals surface area contributed by atoms with Crippen LogP contribution in [0.2, 0.25) is 0 Å². The van der Waals surface area contributed by atoms with Gasteiger partial charge in [0.1, 0.15) is 17.3 Å². The molecule has 9 heteroatoms. The summed E-state index contributed by atoms with van der Waals surface area (Å²) in [6, 6.07) is 12.9. The van der Waals surface area contributed by atoms with Crippen molar-refractivity contribution in [1.29, 1.82) is 0 Å². The number of fused-ring (bicyclic) bond motifs is 1. The number of hydrogen-bond acceptors (Lipinski definition) is 7. The Kier molecular flexibility index (Phi) is 9.37. The summed E-state index contributed by atoms with van der Waals surface area (Å²) < 4.78 is 5.22. The van der Waals surface area contributed by atoms with E-state index in [9.17, 15) is 24.3 Å². The van der Waals surface area contributed by atoms with Gasteiger partial charge in [0.15, 0.2) is 5.12 Å². The van der Waals surface area contributed by atoms with Gasteiger partial charge in [-0.15, -0.1) is 0 Å². The van der Waals surface area contributed by atoms with Crippen LogP contribution in [-0.4, -0.2) is 51.4 Å². The van der Waals surface area contributed by atoms with E-state index in [1.165, 1.54) is 19.1 Å². The maximum absolute atomic E-state index is 13.9. The Morgan fingerprint density at radius 3 is 2.14 bits per heavy atom. The van der Waals surface area contributed by atoms with Crippen molar-refractivity contribution < 1.29 is 29.0 Å². The molecule has 3 N–H and O–H groups in total. The molecular formula is C28H34N2O6S. The lowest BCUT2D eigenvalue weighted by atomic mass is 9.92. The quantitative estimate of drug-likeness (QED) is 0.407. The number of benzene rings is 2. The molecule has 0 saturated heterocycles. The average molecular weight is 527 g/mol. The van der Waals surface area contributed by atoms with Gasteiger partial charge in [0.2, 0.25) is 11.8 Å². The molecule has 0 heterocycles. The first kappa shape index (κ1) is 28.2. The number of nitrogens with one attached hydrogen (secondary N) is 2. The number of amides is 2. The number of rotatable bonds is 10. The van der Waals surface area contributed by atoms with Crippen LogP contribution >= 0.6 is 11.8 Å². The van der Waals surface area contributed by atoms with E-state index in [4.69, 9.17) is 4.74 Å². The summed E-state index contributed by atoms with van der Waals surface area (Å²) in [6.45, 7) is 6.95. The summed E-state index contributed by atoms with van der Waals surface area (Å²) >= 11 is 0.945. The number of thioether (sulfide) groups is 1. The van der Waals surface area contributed by atoms with Crippen LogP contribution < -0.4 is 10.6 Å². The molecule has 2 aromatic rings. The smallest absolute Gasteiger partial charge is 0.328 e. The second-order valence-corrected chi connectivity index (χ2v) is 10.9. The minimum Gasteiger partial charge on any atom is -0.508 e. The molecule has 0 bridgehead atoms. The van der Waals surface area contributed by atoms with E-state index in [0.717, 1.165) is 28.5 Å². The molecule has 0 fully saturated rings. The summed E-state index contributed by atoms with van der Waals surface area (Å²) in [5.41, 5.74) is 1.26. The van der Waals surface area contributed by atoms with Gasteiger partial charge in [0.25, 0.3) is 0 Å². The monoisotopic (exact) mass is 526 g/mol. The van der Waals surface area contributed by atoms with Gasteiger partial charge in [-0.2, -0.15) is 0 Å². The maximum Gasteiger partial charge on any atom is 0.328 e. The lowest BCUT2D eigenvalue weighted by Gasteiger charge is -2.33. The van der Waals surface area contributed by atoms with Crippen molar-refractivity contribution in [2.45, 2.75) is 63.8 Å². The fourth-order valence-corrected chi connectivity index (χ4v) is 5.29. The number of aromatic hydroxyl groups is 1. The Morgan fingerprint density at radius 2 is 1.62 bits per heavy atom. The van der Waals surface area contributed by atoms with Crippen LogP contribution in [0.4, 0.5) is 0 Å². The van der Waals surface area contributed by atoms with Crippen molar-refractivity contribution in [3.63, 3.8) is 0 Å². The Labute approximate surface area is 221 Å². The highest BCUT2D eigenvalue weighted by molar-refractivity contribution is 8.14. The first-order valence-electron chi connectivity index (χ1n) is 12.4. The molecule has 3 rings (SSSR count). The van der Waals surface area contributed by atoms with Crippen molar-refractivity contribution in [2.75, 3.05) is 6.61 Å². The SMILES string of the molecule is CCOC(=O)[C@H](Cc1ccc(O)cc1)NC(=O)C1(NC(=O)[C@@H](SC(C)=O)C(C)C)Cc2ccccc2C1. The molecular weight excluding hydrogens is 492 g/mol. The topological polar surface area (TPSA) is 122 Å². The third-order valence-corrected chi connectivity index (χ3v) is 7.65. The van der Waals surface area contributed by atoms with Gasteiger partial charge in [-0.05, 0) is 41.7 Å². The van der Waals surface area contributed by atoms with E-state index in [0.29, 0.717) is 0 Å². The molecule has 1 aliphatic rings. The largest absolute Gasteiger partial charge is 0.508 e. The van der Waals surface area contributed by atoms with Gasteiger partial charge in [0.05, 0.1) is 11.9 Å². The van der Waals surface area contributed by atoms with E-state index < -0.39 is 34.6 Å². The standard InChI is InChI=1S/C28H34N2O6S/c1-5-36-26(34)23(14-19-10-12-22(32)13-11-19)29-27(35)28(15-20-8-6-7-9-21(20)16-28)30-25(33)24(17(2)3)37-18(4)31/h6-13,17,23-24,32H,5,14-16H2,1-4H3,(H,29,35)(H,30,33)/t23-,24-/m0/s1. The Morgan fingerprint density at radius 1 is 1.03 bits per heavy atom. The molecule has 198 valence electrons. The van der Waals surface area contributed by atoms with Gasteiger partial charge in [0, 0.05) is 26.2 Å². The van der Waals surface area contributed by atoms with Crippen LogP contribution in [0, 0.1) is 5.92 Å². The van der Waals surface area contributed by atoms with Crippen LogP contribution in [0.25, 0.3) is 0 Å². The van der Waals surface area contributed by atoms with Crippen molar-refractivity contribution in [3.8, 4) is 5.75 Å². The van der Waals surface area contributed by atoms with E-state index in [1.807, 2.05) is 38.1 Å². The molecule has 2 aromatic carbocycles. The van der Waals surface area contributed by atoms with Crippen molar-refractivity contribution in [3.05, 3.63) is 65.2 Å². The Hall–Kier alpha value is -3.33. The number of hydrogen-bond donors (Lipinski definition) is 3. The van der Waals surface area contributed by atoms with Crippen LogP contribution in [0.15, 0.2) is 48.5 Å². The van der Waals surface area contributed by atoms with Gasteiger partial charge < -0.3 is 20.5 Å². The maximum atomic E-state index is 13.9. The highest BCUT2D eigenvalue weighted by Gasteiger charge is 2.47. The highest BCUT2D eigenvalue weighted by atomic mass is 32.2. The second-order valence-electron chi connectivity index (χ2n) is 9.62. The van der Waals surface area contributed by atoms with E-state index in [-0.39, 0.29) is 42.7 Å². The zero-order valence-corrected chi connectivity index (χ0v) is 22.4. The summed E-state index contributed by atoms with van der Waals surface area (Å²) in [5, 5.41) is 14.5. The summed E-state index contributed by atoms with van der Waals surface area (Å²) in [6.07, 6.45) is 0.659. The molecule has 8 nitrogen and oxygen atoms in total. The predicted octanol–water partition coefficient (Wildman–Crippen LogP) is 2.94. The summed E-state index contributed by atoms with van der Waals surface area (Å²) in [7, 11) is 0. The van der Waals surface area contributed by atoms with Crippen molar-refractivity contribution in [1.82, 2.24) is 10.6 Å². The van der Waals surface area contributed by atoms with Crippen molar-refractivity contribution in [2.24, 2.45) is 5.92 Å². The summed E-state index contributed by atoms with van der Waals surface area (Å²) in [5.74, 6) is -1.53. The van der Waals surface area contributed by atoms with E-state index in [2.05, 4.69) is 10.6 Å². The Bertz CT molecular complexity index is 1120. The van der Waals surface area contributed by atoms with E-state index >= 15 is 0 Å². The Balaban J connectivity index is 1.91. The average Bonchev–Trinajstić information content (AvgIpc) is 3.22. The molecule has 0 aromatic heterocycles. The molecule has 37 heavy (non-hydrogen) atoms. The molecule has 0 unspecified atom stereocenters. The molecule has 0 spiro atoms. The number of ether oxygens (including phenoxy) is 1. The summed E-state index contributed by atoms with van der Waals surface area (Å²) in [4.78, 5) is 51.9. The normalized spacial score (nSPS) is 15.4. The lowest BCUT2D eigenvalue weighted by molar-refractivity contribution is -0.148. The number of phenolic OH excluding ortho intramolecular Hbond substituents is 1. The molecule has 2 atom stereocenters. The number of carbonyl (C=O) groups is 4. The lowest BCUT2D eigenvalue weighted by Crippen LogP contribution is -2.63. The van der Waals surface area contributed by atoms with Crippen LogP contribution in [0.1, 0.15) is 44.4 Å². The van der Waals surface area contributed by atoms with Crippen molar-refractivity contribution >= 4 is 34.7 Å². The molecule has 2 amide bonds. The van der Waals surface area contributed by atoms with Crippen LogP contribution in [-0.2, 0) is 43.2 Å². The minimum atomic E-state index is -1.33. The van der Waals surface area contributed by atoms with Gasteiger partial charge >= 0.3 is 5.97 Å². The zero-order valence-electron chi connectivity index (χ0n) is 21.6. The molecule has 0 radical (unpaired) electrons. The predicted molar refractivity (Wildman–Crippen MR) is 142 cm³/mol. The number of phenols is 1. The highest BCUT2D eigenvalue weighted by Crippen LogP contribution is 2.32. The first-order valence-corrected chi connectivity index (χ1v) is 13.2. The number of esters is 1. The first-order chi connectivity index (χ1) is 17.5. The molecule has 0 saturated carbocycles. The van der Waals surface area contributed by atoms with Crippen LogP contribution in [0.5, 0.6) is 5.75 Å². The third-order valence-electron chi connectivity index (χ3n) is 6.31. The van der Waals surface area contributed by atoms with Gasteiger partial charge in [-0.1, -0.05) is 62.0 Å². The second kappa shape index (κ2) is 12.3. The van der Waals surface area contributed by atoms with Crippen LogP contribution in [0.3, 0.4) is 0 Å². The fourth-order valence-electron chi connectivity index (χ4n) is 4.50.